The zero-order chi connectivity index (χ0) is 61.1. The minimum atomic E-state index is -1.57. The van der Waals surface area contributed by atoms with Crippen LogP contribution in [-0.2, 0) is 44.6 Å². The first-order valence-electron chi connectivity index (χ1n) is 29.0. The number of aliphatic hydroxyl groups is 12. The molecule has 9 heterocycles. The molecule has 24 nitrogen and oxygen atoms in total. The van der Waals surface area contributed by atoms with Crippen molar-refractivity contribution in [2.45, 2.75) is 124 Å². The molecule has 3 aromatic heterocycles. The van der Waals surface area contributed by atoms with Crippen LogP contribution in [-0.4, -0.2) is 206 Å². The number of fused-ring (bicyclic) bond motifs is 8. The molecule has 24 heteroatoms. The number of hydrogen-bond acceptors (Lipinski definition) is 22. The standard InChI is InChI=1S/C64H66N4O20/c69-45-25-81-61(57(77)53(45)73)85-33-9-1-5-29(21-33)49-37-13-15-39(65-37)50(30-6-2-10-34(22-30)86-62-58(78)54(74)46(70)26-82-62)41-17-19-43(67-41)52(32-8-4-12-36(24-32)88-64-60(80)56(76)48(72)28-84-64)44-20-18-42(68-44)51(40-16-14-38(49)66-40)31-7-3-11-35(23-31)87-63-59(79)55(75)47(71)27-83-63/h1-13,15,18,20-24,45-48,53-65,68-80H,14,16-17,19,25-28H2/t45-,46-,47-,48-,53+,54+,55+,56+,57-,58-,59-,60-,61+,62+,63+,64+/m1/s1. The van der Waals surface area contributed by atoms with Crippen LogP contribution >= 0.6 is 0 Å². The molecule has 4 fully saturated rings. The van der Waals surface area contributed by atoms with Gasteiger partial charge in [0, 0.05) is 44.3 Å². The first kappa shape index (κ1) is 59.5. The van der Waals surface area contributed by atoms with E-state index in [1.165, 1.54) is 0 Å². The summed E-state index contributed by atoms with van der Waals surface area (Å²) in [6, 6.07) is 36.2. The largest absolute Gasteiger partial charge is 0.462 e. The van der Waals surface area contributed by atoms with Gasteiger partial charge in [-0.05, 0) is 121 Å². The molecule has 0 unspecified atom stereocenters. The molecule has 0 amide bonds. The maximum Gasteiger partial charge on any atom is 0.228 e. The Bertz CT molecular complexity index is 3380. The average molecular weight is 1210 g/mol. The number of rotatable bonds is 12. The summed E-state index contributed by atoms with van der Waals surface area (Å²) in [6.45, 7) is -1.09. The molecule has 462 valence electrons. The fourth-order valence-corrected chi connectivity index (χ4v) is 12.0. The van der Waals surface area contributed by atoms with Crippen molar-refractivity contribution >= 4 is 22.1 Å². The lowest BCUT2D eigenvalue weighted by Crippen LogP contribution is -2.54. The number of H-pyrrole nitrogens is 2. The van der Waals surface area contributed by atoms with Gasteiger partial charge in [0.1, 0.15) is 96.2 Å². The first-order valence-corrected chi connectivity index (χ1v) is 29.0. The second-order valence-electron chi connectivity index (χ2n) is 22.7. The van der Waals surface area contributed by atoms with Gasteiger partial charge in [-0.3, -0.25) is 9.97 Å². The van der Waals surface area contributed by atoms with Crippen LogP contribution in [0.15, 0.2) is 121 Å². The second kappa shape index (κ2) is 24.9. The van der Waals surface area contributed by atoms with E-state index in [0.29, 0.717) is 115 Å². The van der Waals surface area contributed by atoms with E-state index in [9.17, 15) is 61.3 Å². The molecular weight excluding hydrogens is 1140 g/mol. The number of aliphatic hydroxyl groups excluding tert-OH is 12. The summed E-state index contributed by atoms with van der Waals surface area (Å²) in [5.74, 6) is 1.11. The smallest absolute Gasteiger partial charge is 0.228 e. The Morgan fingerprint density at radius 3 is 0.761 bits per heavy atom. The first-order chi connectivity index (χ1) is 42.5. The molecule has 88 heavy (non-hydrogen) atoms. The Hall–Kier alpha value is -7.44. The summed E-state index contributed by atoms with van der Waals surface area (Å²) in [7, 11) is 0. The van der Waals surface area contributed by atoms with Gasteiger partial charge in [-0.25, -0.2) is 0 Å². The molecule has 8 bridgehead atoms. The zero-order valence-electron chi connectivity index (χ0n) is 47.0. The number of aromatic nitrogens is 4. The van der Waals surface area contributed by atoms with Gasteiger partial charge in [0.25, 0.3) is 0 Å². The number of benzene rings is 4. The molecule has 0 aliphatic carbocycles. The Kier molecular flexibility index (Phi) is 16.8. The molecule has 6 aliphatic rings. The van der Waals surface area contributed by atoms with Crippen LogP contribution in [0.3, 0.4) is 0 Å². The van der Waals surface area contributed by atoms with E-state index in [-0.39, 0.29) is 49.4 Å². The predicted molar refractivity (Wildman–Crippen MR) is 311 cm³/mol. The highest BCUT2D eigenvalue weighted by Crippen LogP contribution is 2.41. The maximum atomic E-state index is 10.9. The molecule has 6 aliphatic heterocycles. The van der Waals surface area contributed by atoms with Crippen LogP contribution < -0.4 is 18.9 Å². The van der Waals surface area contributed by atoms with Crippen molar-refractivity contribution in [2.24, 2.45) is 0 Å². The number of aryl methyl sites for hydroxylation is 4. The van der Waals surface area contributed by atoms with Crippen molar-refractivity contribution in [3.05, 3.63) is 144 Å². The summed E-state index contributed by atoms with van der Waals surface area (Å²) >= 11 is 0. The van der Waals surface area contributed by atoms with Gasteiger partial charge in [-0.2, -0.15) is 0 Å². The molecule has 14 N–H and O–H groups in total. The molecule has 0 radical (unpaired) electrons. The lowest BCUT2D eigenvalue weighted by molar-refractivity contribution is -0.242. The van der Waals surface area contributed by atoms with E-state index in [0.717, 1.165) is 0 Å². The van der Waals surface area contributed by atoms with E-state index in [2.05, 4.69) is 9.97 Å². The predicted octanol–water partition coefficient (Wildman–Crippen LogP) is 1.82. The molecule has 4 aromatic carbocycles. The number of aromatic amines is 2. The topological polar surface area (TPSA) is 374 Å². The van der Waals surface area contributed by atoms with Crippen LogP contribution in [0.25, 0.3) is 66.6 Å². The maximum absolute atomic E-state index is 10.9. The number of ether oxygens (including phenoxy) is 8. The lowest BCUT2D eigenvalue weighted by Gasteiger charge is -2.35. The van der Waals surface area contributed by atoms with Crippen LogP contribution in [0.5, 0.6) is 23.0 Å². The van der Waals surface area contributed by atoms with Crippen LogP contribution in [0.2, 0.25) is 0 Å². The highest BCUT2D eigenvalue weighted by atomic mass is 16.7. The van der Waals surface area contributed by atoms with Crippen LogP contribution in [0.4, 0.5) is 0 Å². The average Bonchev–Trinajstić information content (AvgIpc) is 2.92. The SMILES string of the molecule is O[C@@H]1[C@@H](O)[C@H](Oc2cccc(-c3c4nc(c(-c5cccc(O[C@@H]6OC[C@@H](O)[C@H](O)[C@H]6O)c5)c5ccc([nH]5)c(-c5cccc(O[C@@H]6OC[C@@H](O)[C@H](O)[C@H]6O)c5)c5nc(c(-c6cccc(O[C@@H]7OC[C@@H](O)[C@H](O)[C@H]7O)c6)c6ccc3[nH]6)CC5)CC4)c2)OC[C@H]1O. The van der Waals surface area contributed by atoms with Gasteiger partial charge in [0.05, 0.1) is 49.2 Å². The highest BCUT2D eigenvalue weighted by Gasteiger charge is 2.43. The Labute approximate surface area is 501 Å². The quantitative estimate of drug-likeness (QED) is 0.0830. The van der Waals surface area contributed by atoms with Crippen molar-refractivity contribution in [3.8, 4) is 67.5 Å². The van der Waals surface area contributed by atoms with E-state index < -0.39 is 98.4 Å². The molecule has 4 saturated heterocycles. The normalized spacial score (nSPS) is 30.0. The summed E-state index contributed by atoms with van der Waals surface area (Å²) < 4.78 is 47.3. The Morgan fingerprint density at radius 2 is 0.534 bits per heavy atom. The van der Waals surface area contributed by atoms with Crippen molar-refractivity contribution in [3.63, 3.8) is 0 Å². The summed E-state index contributed by atoms with van der Waals surface area (Å²) in [4.78, 5) is 18.4. The monoisotopic (exact) mass is 1210 g/mol. The Balaban J connectivity index is 1.03. The van der Waals surface area contributed by atoms with E-state index in [1.54, 1.807) is 72.8 Å². The molecule has 16 atom stereocenters. The fourth-order valence-electron chi connectivity index (χ4n) is 12.0. The van der Waals surface area contributed by atoms with Gasteiger partial charge in [0.2, 0.25) is 25.2 Å². The third kappa shape index (κ3) is 11.7. The third-order valence-electron chi connectivity index (χ3n) is 16.7. The van der Waals surface area contributed by atoms with Gasteiger partial charge >= 0.3 is 0 Å². The summed E-state index contributed by atoms with van der Waals surface area (Å²) in [5.41, 5.74) is 10.4. The molecule has 0 spiro atoms. The lowest BCUT2D eigenvalue weighted by atomic mass is 10.00. The minimum Gasteiger partial charge on any atom is -0.462 e. The molecular formula is C64H66N4O20. The minimum absolute atomic E-state index is 0.273. The number of nitrogens with one attached hydrogen (secondary N) is 2. The summed E-state index contributed by atoms with van der Waals surface area (Å²) in [5, 5.41) is 127. The van der Waals surface area contributed by atoms with Crippen molar-refractivity contribution < 1.29 is 99.2 Å². The second-order valence-corrected chi connectivity index (χ2v) is 22.7. The number of nitrogens with zero attached hydrogens (tertiary/aromatic N) is 2. The summed E-state index contributed by atoms with van der Waals surface area (Å²) in [6.07, 6.45) is -21.2. The van der Waals surface area contributed by atoms with E-state index in [4.69, 9.17) is 47.9 Å². The van der Waals surface area contributed by atoms with Gasteiger partial charge in [-0.1, -0.05) is 48.5 Å². The molecule has 0 saturated carbocycles. The highest BCUT2D eigenvalue weighted by molar-refractivity contribution is 5.92. The van der Waals surface area contributed by atoms with Crippen molar-refractivity contribution in [2.75, 3.05) is 26.4 Å². The van der Waals surface area contributed by atoms with Crippen LogP contribution in [0, 0.1) is 0 Å². The van der Waals surface area contributed by atoms with Crippen molar-refractivity contribution in [1.29, 1.82) is 0 Å². The van der Waals surface area contributed by atoms with Crippen molar-refractivity contribution in [1.82, 2.24) is 19.9 Å². The molecule has 13 rings (SSSR count). The van der Waals surface area contributed by atoms with Crippen LogP contribution in [0.1, 0.15) is 22.8 Å². The Morgan fingerprint density at radius 1 is 0.307 bits per heavy atom. The fraction of sp³-hybridized carbons (Fsp3) is 0.375. The third-order valence-corrected chi connectivity index (χ3v) is 16.7. The van der Waals surface area contributed by atoms with E-state index in [1.807, 2.05) is 48.5 Å². The van der Waals surface area contributed by atoms with E-state index >= 15 is 0 Å². The zero-order valence-corrected chi connectivity index (χ0v) is 47.0. The van der Waals surface area contributed by atoms with Gasteiger partial charge in [-0.15, -0.1) is 0 Å². The van der Waals surface area contributed by atoms with Gasteiger partial charge in [0.15, 0.2) is 0 Å². The van der Waals surface area contributed by atoms with Gasteiger partial charge < -0.3 is 109 Å². The number of hydrogen-bond donors (Lipinski definition) is 14. The molecule has 7 aromatic rings.